The monoisotopic (exact) mass is 225 g/mol. The number of halogens is 1. The first kappa shape index (κ1) is 11.2. The van der Waals surface area contributed by atoms with Crippen LogP contribution in [0.5, 0.6) is 11.5 Å². The molecule has 1 aliphatic rings. The van der Waals surface area contributed by atoms with Gasteiger partial charge in [0.25, 0.3) is 0 Å². The molecular weight excluding hydrogens is 209 g/mol. The summed E-state index contributed by atoms with van der Waals surface area (Å²) in [6, 6.07) is 3.14. The van der Waals surface area contributed by atoms with Crippen molar-refractivity contribution < 1.29 is 13.9 Å². The first-order chi connectivity index (χ1) is 7.68. The Kier molecular flexibility index (Phi) is 3.29. The topological polar surface area (TPSA) is 44.5 Å². The highest BCUT2D eigenvalue weighted by Crippen LogP contribution is 2.36. The van der Waals surface area contributed by atoms with Gasteiger partial charge in [-0.1, -0.05) is 6.07 Å². The maximum absolute atomic E-state index is 13.5. The Balaban J connectivity index is 2.39. The Morgan fingerprint density at radius 1 is 1.31 bits per heavy atom. The van der Waals surface area contributed by atoms with Crippen LogP contribution < -0.4 is 15.2 Å². The van der Waals surface area contributed by atoms with Crippen LogP contribution in [0.1, 0.15) is 18.9 Å². The highest BCUT2D eigenvalue weighted by atomic mass is 19.1. The molecule has 1 aromatic rings. The molecule has 1 heterocycles. The number of hydrogen-bond donors (Lipinski definition) is 1. The molecule has 1 aromatic carbocycles. The van der Waals surface area contributed by atoms with Crippen LogP contribution >= 0.6 is 0 Å². The molecule has 0 fully saturated rings. The average molecular weight is 225 g/mol. The van der Waals surface area contributed by atoms with E-state index >= 15 is 0 Å². The molecule has 1 aliphatic heterocycles. The molecule has 2 rings (SSSR count). The van der Waals surface area contributed by atoms with Gasteiger partial charge in [0.1, 0.15) is 0 Å². The van der Waals surface area contributed by atoms with Crippen molar-refractivity contribution in [2.45, 2.75) is 25.8 Å². The van der Waals surface area contributed by atoms with Gasteiger partial charge >= 0.3 is 0 Å². The van der Waals surface area contributed by atoms with Crippen LogP contribution in [0.15, 0.2) is 12.1 Å². The van der Waals surface area contributed by atoms with Crippen LogP contribution in [0, 0.1) is 5.82 Å². The second-order valence-electron chi connectivity index (χ2n) is 4.10. The first-order valence-electron chi connectivity index (χ1n) is 5.51. The zero-order chi connectivity index (χ0) is 11.5. The molecule has 0 spiro atoms. The number of ether oxygens (including phenoxy) is 2. The molecule has 0 saturated heterocycles. The number of benzene rings is 1. The molecule has 0 aliphatic carbocycles. The highest BCUT2D eigenvalue weighted by molar-refractivity contribution is 5.48. The van der Waals surface area contributed by atoms with E-state index in [2.05, 4.69) is 0 Å². The fourth-order valence-corrected chi connectivity index (χ4v) is 1.79. The largest absolute Gasteiger partial charge is 0.489 e. The number of hydrogen-bond acceptors (Lipinski definition) is 3. The zero-order valence-electron chi connectivity index (χ0n) is 9.33. The Morgan fingerprint density at radius 3 is 2.69 bits per heavy atom. The van der Waals surface area contributed by atoms with Crippen LogP contribution in [0.3, 0.4) is 0 Å². The molecule has 0 saturated carbocycles. The van der Waals surface area contributed by atoms with Gasteiger partial charge in [0.05, 0.1) is 13.2 Å². The summed E-state index contributed by atoms with van der Waals surface area (Å²) in [5.74, 6) is 0.385. The molecule has 0 bridgehead atoms. The van der Waals surface area contributed by atoms with Crippen LogP contribution in [0.25, 0.3) is 0 Å². The van der Waals surface area contributed by atoms with E-state index in [9.17, 15) is 4.39 Å². The number of rotatable bonds is 2. The standard InChI is InChI=1S/C12H16FNO2/c1-8(14)7-9-3-4-10(13)12-11(9)15-5-2-6-16-12/h3-4,8H,2,5-7,14H2,1H3. The average Bonchev–Trinajstić information content (AvgIpc) is 2.47. The summed E-state index contributed by atoms with van der Waals surface area (Å²) in [4.78, 5) is 0. The molecule has 16 heavy (non-hydrogen) atoms. The summed E-state index contributed by atoms with van der Waals surface area (Å²) in [5.41, 5.74) is 6.66. The van der Waals surface area contributed by atoms with Gasteiger partial charge in [0, 0.05) is 12.5 Å². The van der Waals surface area contributed by atoms with Crippen LogP contribution in [-0.4, -0.2) is 19.3 Å². The minimum Gasteiger partial charge on any atom is -0.489 e. The molecule has 88 valence electrons. The van der Waals surface area contributed by atoms with E-state index in [0.29, 0.717) is 25.4 Å². The number of fused-ring (bicyclic) bond motifs is 1. The van der Waals surface area contributed by atoms with Gasteiger partial charge in [-0.05, 0) is 25.0 Å². The van der Waals surface area contributed by atoms with Gasteiger partial charge < -0.3 is 15.2 Å². The Labute approximate surface area is 94.3 Å². The molecular formula is C12H16FNO2. The van der Waals surface area contributed by atoms with E-state index in [1.165, 1.54) is 6.07 Å². The minimum absolute atomic E-state index is 0.0152. The smallest absolute Gasteiger partial charge is 0.197 e. The van der Waals surface area contributed by atoms with Gasteiger partial charge in [0.15, 0.2) is 17.3 Å². The van der Waals surface area contributed by atoms with Crippen molar-refractivity contribution in [3.8, 4) is 11.5 Å². The Hall–Kier alpha value is -1.29. The van der Waals surface area contributed by atoms with Crippen molar-refractivity contribution in [1.29, 1.82) is 0 Å². The summed E-state index contributed by atoms with van der Waals surface area (Å²) in [6.45, 7) is 2.96. The van der Waals surface area contributed by atoms with E-state index < -0.39 is 0 Å². The maximum Gasteiger partial charge on any atom is 0.197 e. The lowest BCUT2D eigenvalue weighted by Gasteiger charge is -2.14. The molecule has 4 heteroatoms. The fourth-order valence-electron chi connectivity index (χ4n) is 1.79. The molecule has 1 atom stereocenters. The van der Waals surface area contributed by atoms with Crippen molar-refractivity contribution >= 4 is 0 Å². The first-order valence-corrected chi connectivity index (χ1v) is 5.51. The van der Waals surface area contributed by atoms with Gasteiger partial charge in [-0.15, -0.1) is 0 Å². The second-order valence-corrected chi connectivity index (χ2v) is 4.10. The SMILES string of the molecule is CC(N)Cc1ccc(F)c2c1OCCCO2. The quantitative estimate of drug-likeness (QED) is 0.835. The van der Waals surface area contributed by atoms with Crippen molar-refractivity contribution in [2.24, 2.45) is 5.73 Å². The summed E-state index contributed by atoms with van der Waals surface area (Å²) in [5, 5.41) is 0. The van der Waals surface area contributed by atoms with Gasteiger partial charge in [-0.3, -0.25) is 0 Å². The second kappa shape index (κ2) is 4.70. The van der Waals surface area contributed by atoms with Crippen molar-refractivity contribution in [3.63, 3.8) is 0 Å². The lowest BCUT2D eigenvalue weighted by Crippen LogP contribution is -2.18. The summed E-state index contributed by atoms with van der Waals surface area (Å²) in [6.07, 6.45) is 1.43. The van der Waals surface area contributed by atoms with E-state index in [4.69, 9.17) is 15.2 Å². The predicted octanol–water partition coefficient (Wildman–Crippen LogP) is 1.88. The lowest BCUT2D eigenvalue weighted by molar-refractivity contribution is 0.291. The normalized spacial score (nSPS) is 16.7. The van der Waals surface area contributed by atoms with Crippen molar-refractivity contribution in [3.05, 3.63) is 23.5 Å². The van der Waals surface area contributed by atoms with Crippen LogP contribution in [-0.2, 0) is 6.42 Å². The fraction of sp³-hybridized carbons (Fsp3) is 0.500. The maximum atomic E-state index is 13.5. The predicted molar refractivity (Wildman–Crippen MR) is 59.4 cm³/mol. The molecule has 3 nitrogen and oxygen atoms in total. The van der Waals surface area contributed by atoms with Gasteiger partial charge in [-0.25, -0.2) is 4.39 Å². The summed E-state index contributed by atoms with van der Waals surface area (Å²) < 4.78 is 24.4. The third kappa shape index (κ3) is 2.27. The summed E-state index contributed by atoms with van der Waals surface area (Å²) in [7, 11) is 0. The number of nitrogens with two attached hydrogens (primary N) is 1. The highest BCUT2D eigenvalue weighted by Gasteiger charge is 2.19. The molecule has 0 aromatic heterocycles. The molecule has 2 N–H and O–H groups in total. The third-order valence-corrected chi connectivity index (χ3v) is 2.47. The Bertz CT molecular complexity index is 380. The third-order valence-electron chi connectivity index (χ3n) is 2.47. The van der Waals surface area contributed by atoms with E-state index in [1.807, 2.05) is 6.92 Å². The molecule has 1 unspecified atom stereocenters. The Morgan fingerprint density at radius 2 is 2.00 bits per heavy atom. The zero-order valence-corrected chi connectivity index (χ0v) is 9.33. The van der Waals surface area contributed by atoms with Gasteiger partial charge in [-0.2, -0.15) is 0 Å². The van der Waals surface area contributed by atoms with E-state index in [0.717, 1.165) is 12.0 Å². The van der Waals surface area contributed by atoms with E-state index in [1.54, 1.807) is 6.07 Å². The van der Waals surface area contributed by atoms with Gasteiger partial charge in [0.2, 0.25) is 0 Å². The molecule has 0 radical (unpaired) electrons. The molecule has 0 amide bonds. The van der Waals surface area contributed by atoms with Crippen molar-refractivity contribution in [1.82, 2.24) is 0 Å². The van der Waals surface area contributed by atoms with Crippen molar-refractivity contribution in [2.75, 3.05) is 13.2 Å². The summed E-state index contributed by atoms with van der Waals surface area (Å²) >= 11 is 0. The van der Waals surface area contributed by atoms with E-state index in [-0.39, 0.29) is 17.6 Å². The van der Waals surface area contributed by atoms with Crippen LogP contribution in [0.2, 0.25) is 0 Å². The minimum atomic E-state index is -0.370. The lowest BCUT2D eigenvalue weighted by atomic mass is 10.1. The van der Waals surface area contributed by atoms with Crippen LogP contribution in [0.4, 0.5) is 4.39 Å².